The van der Waals surface area contributed by atoms with Crippen LogP contribution in [0.2, 0.25) is 0 Å². The number of hydrogen-bond acceptors (Lipinski definition) is 4. The van der Waals surface area contributed by atoms with Crippen molar-refractivity contribution in [1.82, 2.24) is 9.80 Å². The van der Waals surface area contributed by atoms with Crippen LogP contribution < -0.4 is 5.73 Å². The molecule has 1 aliphatic rings. The van der Waals surface area contributed by atoms with E-state index in [1.165, 1.54) is 0 Å². The van der Waals surface area contributed by atoms with Gasteiger partial charge in [-0.3, -0.25) is 9.69 Å². The van der Waals surface area contributed by atoms with Crippen LogP contribution in [0, 0.1) is 5.92 Å². The number of rotatable bonds is 4. The summed E-state index contributed by atoms with van der Waals surface area (Å²) in [6.07, 6.45) is 0. The molecule has 0 spiro atoms. The smallest absolute Gasteiger partial charge is 0.226 e. The third-order valence-electron chi connectivity index (χ3n) is 3.07. The van der Waals surface area contributed by atoms with Crippen LogP contribution in [0.15, 0.2) is 0 Å². The second kappa shape index (κ2) is 5.80. The molecule has 0 radical (unpaired) electrons. The van der Waals surface area contributed by atoms with Crippen molar-refractivity contribution >= 4 is 5.91 Å². The minimum absolute atomic E-state index is 0.0872. The predicted octanol–water partition coefficient (Wildman–Crippen LogP) is -0.504. The van der Waals surface area contributed by atoms with Gasteiger partial charge in [-0.05, 0) is 13.8 Å². The molecule has 0 aromatic rings. The Kier molecular flexibility index (Phi) is 4.91. The second-order valence-electron chi connectivity index (χ2n) is 5.55. The Hall–Kier alpha value is -0.650. The summed E-state index contributed by atoms with van der Waals surface area (Å²) in [5.74, 6) is 0.0613. The molecule has 0 saturated carbocycles. The van der Waals surface area contributed by atoms with Gasteiger partial charge in [-0.25, -0.2) is 0 Å². The maximum atomic E-state index is 11.9. The maximum Gasteiger partial charge on any atom is 0.226 e. The van der Waals surface area contributed by atoms with Crippen molar-refractivity contribution in [2.24, 2.45) is 11.7 Å². The lowest BCUT2D eigenvalue weighted by molar-refractivity contribution is -0.136. The predicted molar refractivity (Wildman–Crippen MR) is 67.5 cm³/mol. The van der Waals surface area contributed by atoms with Gasteiger partial charge in [-0.1, -0.05) is 6.92 Å². The van der Waals surface area contributed by atoms with Crippen LogP contribution in [-0.2, 0) is 4.79 Å². The number of piperazine rings is 1. The van der Waals surface area contributed by atoms with Crippen molar-refractivity contribution in [1.29, 1.82) is 0 Å². The summed E-state index contributed by atoms with van der Waals surface area (Å²) in [5, 5.41) is 9.73. The monoisotopic (exact) mass is 243 g/mol. The Labute approximate surface area is 104 Å². The van der Waals surface area contributed by atoms with Gasteiger partial charge in [0, 0.05) is 45.2 Å². The van der Waals surface area contributed by atoms with E-state index in [1.807, 2.05) is 11.8 Å². The molecular weight excluding hydrogens is 218 g/mol. The molecule has 5 heteroatoms. The molecule has 5 nitrogen and oxygen atoms in total. The third-order valence-corrected chi connectivity index (χ3v) is 3.07. The highest BCUT2D eigenvalue weighted by atomic mass is 16.3. The van der Waals surface area contributed by atoms with Crippen LogP contribution in [0.25, 0.3) is 0 Å². The van der Waals surface area contributed by atoms with E-state index in [1.54, 1.807) is 13.8 Å². The fourth-order valence-corrected chi connectivity index (χ4v) is 2.09. The normalized spacial score (nSPS) is 20.4. The van der Waals surface area contributed by atoms with Crippen molar-refractivity contribution < 1.29 is 9.90 Å². The van der Waals surface area contributed by atoms with E-state index in [9.17, 15) is 9.90 Å². The number of β-amino-alcohol motifs (C(OH)–C–C–N with tert-alkyl or cyclic N) is 1. The Balaban J connectivity index is 2.38. The lowest BCUT2D eigenvalue weighted by Gasteiger charge is -2.38. The largest absolute Gasteiger partial charge is 0.389 e. The number of carbonyl (C=O) groups is 1. The highest BCUT2D eigenvalue weighted by molar-refractivity contribution is 5.78. The number of amides is 1. The summed E-state index contributed by atoms with van der Waals surface area (Å²) in [6, 6.07) is 0. The zero-order chi connectivity index (χ0) is 13.1. The van der Waals surface area contributed by atoms with Crippen LogP contribution in [0.5, 0.6) is 0 Å². The first kappa shape index (κ1) is 14.4. The molecule has 1 unspecified atom stereocenters. The fraction of sp³-hybridized carbons (Fsp3) is 0.917. The first-order valence-corrected chi connectivity index (χ1v) is 6.27. The quantitative estimate of drug-likeness (QED) is 0.698. The van der Waals surface area contributed by atoms with E-state index in [0.29, 0.717) is 13.1 Å². The summed E-state index contributed by atoms with van der Waals surface area (Å²) in [4.78, 5) is 16.0. The van der Waals surface area contributed by atoms with Crippen molar-refractivity contribution in [2.75, 3.05) is 39.3 Å². The van der Waals surface area contributed by atoms with Gasteiger partial charge in [-0.15, -0.1) is 0 Å². The standard InChI is InChI=1S/C12H25N3O2/c1-10(8-13)11(16)15-6-4-14(5-7-15)9-12(2,3)17/h10,17H,4-9,13H2,1-3H3. The topological polar surface area (TPSA) is 69.8 Å². The van der Waals surface area contributed by atoms with E-state index in [4.69, 9.17) is 5.73 Å². The highest BCUT2D eigenvalue weighted by Gasteiger charge is 2.26. The zero-order valence-electron chi connectivity index (χ0n) is 11.1. The van der Waals surface area contributed by atoms with Gasteiger partial charge in [0.05, 0.1) is 5.60 Å². The Morgan fingerprint density at radius 1 is 1.35 bits per heavy atom. The summed E-state index contributed by atoms with van der Waals surface area (Å²) in [5.41, 5.74) is 4.83. The molecule has 100 valence electrons. The second-order valence-corrected chi connectivity index (χ2v) is 5.55. The molecule has 17 heavy (non-hydrogen) atoms. The van der Waals surface area contributed by atoms with Gasteiger partial charge in [0.15, 0.2) is 0 Å². The summed E-state index contributed by atoms with van der Waals surface area (Å²) in [6.45, 7) is 9.66. The fourth-order valence-electron chi connectivity index (χ4n) is 2.09. The van der Waals surface area contributed by atoms with Crippen LogP contribution in [-0.4, -0.2) is 65.7 Å². The SMILES string of the molecule is CC(CN)C(=O)N1CCN(CC(C)(C)O)CC1. The van der Waals surface area contributed by atoms with E-state index in [-0.39, 0.29) is 11.8 Å². The van der Waals surface area contributed by atoms with Gasteiger partial charge in [0.1, 0.15) is 0 Å². The van der Waals surface area contributed by atoms with Crippen LogP contribution >= 0.6 is 0 Å². The number of nitrogens with zero attached hydrogens (tertiary/aromatic N) is 2. The zero-order valence-corrected chi connectivity index (χ0v) is 11.1. The van der Waals surface area contributed by atoms with Gasteiger partial charge < -0.3 is 15.7 Å². The molecule has 0 bridgehead atoms. The Morgan fingerprint density at radius 2 is 1.88 bits per heavy atom. The number of carbonyl (C=O) groups excluding carboxylic acids is 1. The molecular formula is C12H25N3O2. The molecule has 0 aromatic heterocycles. The molecule has 1 amide bonds. The van der Waals surface area contributed by atoms with Crippen LogP contribution in [0.1, 0.15) is 20.8 Å². The lowest BCUT2D eigenvalue weighted by Crippen LogP contribution is -2.53. The van der Waals surface area contributed by atoms with Crippen LogP contribution in [0.4, 0.5) is 0 Å². The molecule has 1 rings (SSSR count). The number of hydrogen-bond donors (Lipinski definition) is 2. The summed E-state index contributed by atoms with van der Waals surface area (Å²) in [7, 11) is 0. The first-order valence-electron chi connectivity index (χ1n) is 6.27. The number of nitrogens with two attached hydrogens (primary N) is 1. The third kappa shape index (κ3) is 4.61. The van der Waals surface area contributed by atoms with Crippen molar-refractivity contribution in [3.05, 3.63) is 0 Å². The van der Waals surface area contributed by atoms with Gasteiger partial charge in [0.2, 0.25) is 5.91 Å². The molecule has 1 aliphatic heterocycles. The van der Waals surface area contributed by atoms with E-state index < -0.39 is 5.60 Å². The minimum atomic E-state index is -0.670. The average Bonchev–Trinajstić information content (AvgIpc) is 2.26. The molecule has 3 N–H and O–H groups in total. The van der Waals surface area contributed by atoms with E-state index in [2.05, 4.69) is 4.90 Å². The summed E-state index contributed by atoms with van der Waals surface area (Å²) >= 11 is 0. The Morgan fingerprint density at radius 3 is 2.29 bits per heavy atom. The lowest BCUT2D eigenvalue weighted by atomic mass is 10.1. The molecule has 1 atom stereocenters. The number of aliphatic hydroxyl groups is 1. The molecule has 0 aromatic carbocycles. The van der Waals surface area contributed by atoms with Crippen LogP contribution in [0.3, 0.4) is 0 Å². The first-order chi connectivity index (χ1) is 7.83. The average molecular weight is 243 g/mol. The molecule has 1 fully saturated rings. The van der Waals surface area contributed by atoms with E-state index in [0.717, 1.165) is 26.2 Å². The van der Waals surface area contributed by atoms with Gasteiger partial charge in [-0.2, -0.15) is 0 Å². The van der Waals surface area contributed by atoms with Crippen molar-refractivity contribution in [3.8, 4) is 0 Å². The van der Waals surface area contributed by atoms with E-state index >= 15 is 0 Å². The van der Waals surface area contributed by atoms with Gasteiger partial charge >= 0.3 is 0 Å². The summed E-state index contributed by atoms with van der Waals surface area (Å²) < 4.78 is 0. The highest BCUT2D eigenvalue weighted by Crippen LogP contribution is 2.10. The minimum Gasteiger partial charge on any atom is -0.389 e. The van der Waals surface area contributed by atoms with Crippen molar-refractivity contribution in [2.45, 2.75) is 26.4 Å². The molecule has 1 saturated heterocycles. The molecule has 0 aliphatic carbocycles. The maximum absolute atomic E-state index is 11.9. The molecule has 1 heterocycles. The van der Waals surface area contributed by atoms with Gasteiger partial charge in [0.25, 0.3) is 0 Å². The Bertz CT molecular complexity index is 255. The van der Waals surface area contributed by atoms with Crippen molar-refractivity contribution in [3.63, 3.8) is 0 Å².